The van der Waals surface area contributed by atoms with Crippen LogP contribution in [0.15, 0.2) is 29.2 Å². The molecule has 6 nitrogen and oxygen atoms in total. The molecule has 0 amide bonds. The van der Waals surface area contributed by atoms with Crippen LogP contribution in [0.5, 0.6) is 0 Å². The SMILES string of the molecule is Cc1cccc(S(=O)(=O)N2CCCC(S(N)(=O)=O)C2)c1. The summed E-state index contributed by atoms with van der Waals surface area (Å²) in [6.07, 6.45) is 0.894. The van der Waals surface area contributed by atoms with E-state index in [9.17, 15) is 16.8 Å². The second-order valence-corrected chi connectivity index (χ2v) is 8.82. The summed E-state index contributed by atoms with van der Waals surface area (Å²) in [6, 6.07) is 6.57. The minimum absolute atomic E-state index is 0.0743. The van der Waals surface area contributed by atoms with Gasteiger partial charge in [0, 0.05) is 13.1 Å². The Bertz CT molecular complexity index is 698. The van der Waals surface area contributed by atoms with Gasteiger partial charge in [0.2, 0.25) is 20.0 Å². The van der Waals surface area contributed by atoms with Crippen molar-refractivity contribution in [3.05, 3.63) is 29.8 Å². The molecule has 1 aromatic carbocycles. The van der Waals surface area contributed by atoms with Gasteiger partial charge in [0.25, 0.3) is 0 Å². The van der Waals surface area contributed by atoms with Gasteiger partial charge in [-0.2, -0.15) is 4.31 Å². The average molecular weight is 318 g/mol. The zero-order chi connectivity index (χ0) is 15.0. The topological polar surface area (TPSA) is 97.5 Å². The van der Waals surface area contributed by atoms with Crippen molar-refractivity contribution in [1.82, 2.24) is 4.31 Å². The molecule has 1 heterocycles. The van der Waals surface area contributed by atoms with E-state index in [4.69, 9.17) is 5.14 Å². The number of benzene rings is 1. The van der Waals surface area contributed by atoms with Gasteiger partial charge >= 0.3 is 0 Å². The second kappa shape index (κ2) is 5.44. The van der Waals surface area contributed by atoms with Gasteiger partial charge in [0.05, 0.1) is 10.1 Å². The maximum Gasteiger partial charge on any atom is 0.243 e. The summed E-state index contributed by atoms with van der Waals surface area (Å²) >= 11 is 0. The van der Waals surface area contributed by atoms with Gasteiger partial charge in [-0.05, 0) is 37.5 Å². The van der Waals surface area contributed by atoms with E-state index in [0.717, 1.165) is 5.56 Å². The van der Waals surface area contributed by atoms with E-state index in [1.807, 2.05) is 13.0 Å². The van der Waals surface area contributed by atoms with Crippen molar-refractivity contribution in [2.75, 3.05) is 13.1 Å². The molecule has 0 saturated carbocycles. The van der Waals surface area contributed by atoms with Crippen molar-refractivity contribution < 1.29 is 16.8 Å². The fraction of sp³-hybridized carbons (Fsp3) is 0.500. The average Bonchev–Trinajstić information content (AvgIpc) is 2.38. The molecular weight excluding hydrogens is 300 g/mol. The van der Waals surface area contributed by atoms with Crippen LogP contribution in [0.25, 0.3) is 0 Å². The first kappa shape index (κ1) is 15.4. The van der Waals surface area contributed by atoms with Gasteiger partial charge in [-0.1, -0.05) is 12.1 Å². The Hall–Kier alpha value is -0.960. The monoisotopic (exact) mass is 318 g/mol. The van der Waals surface area contributed by atoms with Crippen molar-refractivity contribution >= 4 is 20.0 Å². The molecule has 1 aliphatic rings. The number of sulfonamides is 2. The first-order valence-corrected chi connectivity index (χ1v) is 9.34. The predicted molar refractivity (Wildman–Crippen MR) is 76.1 cm³/mol. The first-order valence-electron chi connectivity index (χ1n) is 6.30. The smallest absolute Gasteiger partial charge is 0.228 e. The molecule has 1 fully saturated rings. The molecule has 1 aliphatic heterocycles. The maximum absolute atomic E-state index is 12.5. The third-order valence-corrected chi connectivity index (χ3v) is 6.61. The summed E-state index contributed by atoms with van der Waals surface area (Å²) in [6.45, 7) is 2.06. The highest BCUT2D eigenvalue weighted by atomic mass is 32.2. The van der Waals surface area contributed by atoms with Gasteiger partial charge in [-0.25, -0.2) is 22.0 Å². The summed E-state index contributed by atoms with van der Waals surface area (Å²) in [4.78, 5) is 0.188. The zero-order valence-electron chi connectivity index (χ0n) is 11.2. The minimum atomic E-state index is -3.72. The Morgan fingerprint density at radius 2 is 1.95 bits per heavy atom. The lowest BCUT2D eigenvalue weighted by atomic mass is 10.2. The van der Waals surface area contributed by atoms with Gasteiger partial charge in [-0.3, -0.25) is 0 Å². The van der Waals surface area contributed by atoms with Crippen LogP contribution in [0.2, 0.25) is 0 Å². The number of hydrogen-bond donors (Lipinski definition) is 1. The van der Waals surface area contributed by atoms with Gasteiger partial charge in [0.1, 0.15) is 0 Å². The van der Waals surface area contributed by atoms with Crippen molar-refractivity contribution in [2.45, 2.75) is 29.9 Å². The molecule has 0 radical (unpaired) electrons. The van der Waals surface area contributed by atoms with E-state index in [1.165, 1.54) is 10.4 Å². The van der Waals surface area contributed by atoms with Crippen molar-refractivity contribution in [2.24, 2.45) is 5.14 Å². The van der Waals surface area contributed by atoms with Crippen LogP contribution >= 0.6 is 0 Å². The Kier molecular flexibility index (Phi) is 4.19. The molecule has 0 aromatic heterocycles. The second-order valence-electron chi connectivity index (χ2n) is 5.03. The van der Waals surface area contributed by atoms with E-state index < -0.39 is 25.3 Å². The van der Waals surface area contributed by atoms with Crippen molar-refractivity contribution in [1.29, 1.82) is 0 Å². The summed E-state index contributed by atoms with van der Waals surface area (Å²) in [5, 5.41) is 4.31. The lowest BCUT2D eigenvalue weighted by Crippen LogP contribution is -2.46. The lowest BCUT2D eigenvalue weighted by molar-refractivity contribution is 0.346. The van der Waals surface area contributed by atoms with Crippen LogP contribution in [0.4, 0.5) is 0 Å². The predicted octanol–water partition coefficient (Wildman–Crippen LogP) is 0.437. The highest BCUT2D eigenvalue weighted by Gasteiger charge is 2.34. The van der Waals surface area contributed by atoms with Crippen LogP contribution in [0.3, 0.4) is 0 Å². The van der Waals surface area contributed by atoms with Gasteiger partial charge < -0.3 is 0 Å². The van der Waals surface area contributed by atoms with E-state index >= 15 is 0 Å². The highest BCUT2D eigenvalue weighted by molar-refractivity contribution is 7.90. The molecule has 2 N–H and O–H groups in total. The first-order chi connectivity index (χ1) is 9.21. The molecule has 0 aliphatic carbocycles. The van der Waals surface area contributed by atoms with Crippen molar-refractivity contribution in [3.8, 4) is 0 Å². The van der Waals surface area contributed by atoms with Crippen LogP contribution in [0, 0.1) is 6.92 Å². The zero-order valence-corrected chi connectivity index (χ0v) is 12.8. The van der Waals surface area contributed by atoms with Gasteiger partial charge in [0.15, 0.2) is 0 Å². The van der Waals surface area contributed by atoms with E-state index in [2.05, 4.69) is 0 Å². The molecule has 0 bridgehead atoms. The number of hydrogen-bond acceptors (Lipinski definition) is 4. The number of nitrogens with zero attached hydrogens (tertiary/aromatic N) is 1. The summed E-state index contributed by atoms with van der Waals surface area (Å²) in [7, 11) is -7.38. The molecule has 2 rings (SSSR count). The number of aryl methyl sites for hydroxylation is 1. The molecule has 1 saturated heterocycles. The standard InChI is InChI=1S/C12H18N2O4S2/c1-10-4-2-5-11(8-10)20(17,18)14-7-3-6-12(9-14)19(13,15)16/h2,4-5,8,12H,3,6-7,9H2,1H3,(H2,13,15,16). The fourth-order valence-corrected chi connectivity index (χ4v) is 4.92. The molecular formula is C12H18N2O4S2. The van der Waals surface area contributed by atoms with Crippen LogP contribution in [0.1, 0.15) is 18.4 Å². The summed E-state index contributed by atoms with van der Waals surface area (Å²) in [5.74, 6) is 0. The quantitative estimate of drug-likeness (QED) is 0.874. The minimum Gasteiger partial charge on any atom is -0.228 e. The fourth-order valence-electron chi connectivity index (χ4n) is 2.32. The lowest BCUT2D eigenvalue weighted by Gasteiger charge is -2.30. The Morgan fingerprint density at radius 1 is 1.25 bits per heavy atom. The van der Waals surface area contributed by atoms with Crippen molar-refractivity contribution in [3.63, 3.8) is 0 Å². The normalized spacial score (nSPS) is 21.8. The summed E-state index contributed by atoms with van der Waals surface area (Å²) < 4.78 is 49.0. The largest absolute Gasteiger partial charge is 0.243 e. The van der Waals surface area contributed by atoms with Crippen LogP contribution < -0.4 is 5.14 Å². The molecule has 8 heteroatoms. The Balaban J connectivity index is 2.30. The number of nitrogens with two attached hydrogens (primary N) is 1. The van der Waals surface area contributed by atoms with E-state index in [0.29, 0.717) is 19.4 Å². The van der Waals surface area contributed by atoms with E-state index in [-0.39, 0.29) is 11.4 Å². The highest BCUT2D eigenvalue weighted by Crippen LogP contribution is 2.23. The Labute approximate surface area is 119 Å². The Morgan fingerprint density at radius 3 is 2.55 bits per heavy atom. The molecule has 1 aromatic rings. The molecule has 1 unspecified atom stereocenters. The molecule has 1 atom stereocenters. The number of primary sulfonamides is 1. The third kappa shape index (κ3) is 3.20. The van der Waals surface area contributed by atoms with E-state index in [1.54, 1.807) is 12.1 Å². The maximum atomic E-state index is 12.5. The summed E-state index contributed by atoms with van der Waals surface area (Å²) in [5.41, 5.74) is 0.839. The molecule has 112 valence electrons. The van der Waals surface area contributed by atoms with Gasteiger partial charge in [-0.15, -0.1) is 0 Å². The number of rotatable bonds is 3. The molecule has 20 heavy (non-hydrogen) atoms. The number of piperidine rings is 1. The van der Waals surface area contributed by atoms with Crippen LogP contribution in [-0.2, 0) is 20.0 Å². The third-order valence-electron chi connectivity index (χ3n) is 3.43. The molecule has 0 spiro atoms. The van der Waals surface area contributed by atoms with Crippen LogP contribution in [-0.4, -0.2) is 39.5 Å².